The van der Waals surface area contributed by atoms with Crippen LogP contribution in [0.3, 0.4) is 0 Å². The van der Waals surface area contributed by atoms with E-state index < -0.39 is 0 Å². The molecule has 0 aromatic heterocycles. The number of hydrogen-bond donors (Lipinski definition) is 1. The van der Waals surface area contributed by atoms with Crippen LogP contribution in [0.25, 0.3) is 0 Å². The Hall–Kier alpha value is -0.0400. The molecule has 3 unspecified atom stereocenters. The molecule has 3 rings (SSSR count). The molecule has 0 aromatic rings. The highest BCUT2D eigenvalue weighted by Gasteiger charge is 2.63. The number of hydrogen-bond acceptors (Lipinski definition) is 1. The van der Waals surface area contributed by atoms with Crippen LogP contribution in [0.15, 0.2) is 0 Å². The fourth-order valence-electron chi connectivity index (χ4n) is 6.10. The van der Waals surface area contributed by atoms with Crippen molar-refractivity contribution in [2.75, 3.05) is 0 Å². The largest absolute Gasteiger partial charge is 0.393 e. The zero-order chi connectivity index (χ0) is 13.8. The Labute approximate surface area is 119 Å². The van der Waals surface area contributed by atoms with Gasteiger partial charge in [0, 0.05) is 0 Å². The summed E-state index contributed by atoms with van der Waals surface area (Å²) in [6.45, 7) is 9.78. The maximum atomic E-state index is 10.8. The van der Waals surface area contributed by atoms with Gasteiger partial charge in [-0.25, -0.2) is 0 Å². The van der Waals surface area contributed by atoms with Gasteiger partial charge in [-0.05, 0) is 66.6 Å². The highest BCUT2D eigenvalue weighted by atomic mass is 16.3. The molecule has 3 fully saturated rings. The second-order valence-electron chi connectivity index (χ2n) is 8.47. The van der Waals surface area contributed by atoms with E-state index in [0.29, 0.717) is 22.7 Å². The SMILES string of the molecule is CCC1CCCC([C@@H]2C[C@H]3CC[C@]2(C)C3(C)C)C1O. The minimum atomic E-state index is -0.0178. The van der Waals surface area contributed by atoms with Gasteiger partial charge < -0.3 is 5.11 Å². The molecular weight excluding hydrogens is 232 g/mol. The van der Waals surface area contributed by atoms with Gasteiger partial charge in [0.15, 0.2) is 0 Å². The van der Waals surface area contributed by atoms with E-state index in [1.807, 2.05) is 0 Å². The number of aliphatic hydroxyl groups is 1. The zero-order valence-electron chi connectivity index (χ0n) is 13.3. The molecule has 0 aromatic carbocycles. The van der Waals surface area contributed by atoms with Crippen LogP contribution < -0.4 is 0 Å². The van der Waals surface area contributed by atoms with Gasteiger partial charge in [0.1, 0.15) is 0 Å². The van der Waals surface area contributed by atoms with Gasteiger partial charge in [-0.15, -0.1) is 0 Å². The lowest BCUT2D eigenvalue weighted by Gasteiger charge is -2.47. The summed E-state index contributed by atoms with van der Waals surface area (Å²) < 4.78 is 0. The zero-order valence-corrected chi connectivity index (χ0v) is 13.3. The third-order valence-corrected chi connectivity index (χ3v) is 7.94. The first-order valence-corrected chi connectivity index (χ1v) is 8.60. The molecular formula is C18H32O. The Bertz CT molecular complexity index is 348. The Morgan fingerprint density at radius 1 is 1.11 bits per heavy atom. The van der Waals surface area contributed by atoms with Gasteiger partial charge in [-0.2, -0.15) is 0 Å². The molecule has 3 saturated carbocycles. The molecule has 1 nitrogen and oxygen atoms in total. The summed E-state index contributed by atoms with van der Waals surface area (Å²) in [4.78, 5) is 0. The lowest BCUT2D eigenvalue weighted by atomic mass is 9.59. The first-order valence-electron chi connectivity index (χ1n) is 8.60. The van der Waals surface area contributed by atoms with Crippen LogP contribution in [0.4, 0.5) is 0 Å². The van der Waals surface area contributed by atoms with Crippen LogP contribution in [-0.4, -0.2) is 11.2 Å². The molecule has 3 aliphatic rings. The molecule has 0 spiro atoms. The molecule has 0 saturated heterocycles. The van der Waals surface area contributed by atoms with Crippen molar-refractivity contribution in [1.29, 1.82) is 0 Å². The third-order valence-electron chi connectivity index (χ3n) is 7.94. The van der Waals surface area contributed by atoms with Crippen LogP contribution in [0, 0.1) is 34.5 Å². The predicted octanol–water partition coefficient (Wildman–Crippen LogP) is 4.64. The summed E-state index contributed by atoms with van der Waals surface area (Å²) in [5.41, 5.74) is 0.982. The molecule has 6 atom stereocenters. The predicted molar refractivity (Wildman–Crippen MR) is 79.8 cm³/mol. The molecule has 3 aliphatic carbocycles. The molecule has 1 N–H and O–H groups in total. The van der Waals surface area contributed by atoms with Crippen LogP contribution in [-0.2, 0) is 0 Å². The molecule has 1 heteroatoms. The monoisotopic (exact) mass is 264 g/mol. The molecule has 0 aliphatic heterocycles. The van der Waals surface area contributed by atoms with Gasteiger partial charge in [-0.1, -0.05) is 40.5 Å². The van der Waals surface area contributed by atoms with Gasteiger partial charge in [-0.3, -0.25) is 0 Å². The highest BCUT2D eigenvalue weighted by Crippen LogP contribution is 2.70. The normalized spacial score (nSPS) is 52.6. The average molecular weight is 264 g/mol. The van der Waals surface area contributed by atoms with E-state index in [4.69, 9.17) is 0 Å². The second-order valence-corrected chi connectivity index (χ2v) is 8.47. The quantitative estimate of drug-likeness (QED) is 0.770. The molecule has 19 heavy (non-hydrogen) atoms. The second kappa shape index (κ2) is 4.48. The minimum Gasteiger partial charge on any atom is -0.393 e. The van der Waals surface area contributed by atoms with E-state index in [1.54, 1.807) is 0 Å². The number of fused-ring (bicyclic) bond motifs is 2. The maximum absolute atomic E-state index is 10.8. The number of rotatable bonds is 2. The van der Waals surface area contributed by atoms with Crippen molar-refractivity contribution in [3.63, 3.8) is 0 Å². The summed E-state index contributed by atoms with van der Waals surface area (Å²) in [6.07, 6.45) is 9.24. The van der Waals surface area contributed by atoms with Crippen LogP contribution in [0.5, 0.6) is 0 Å². The first-order chi connectivity index (χ1) is 8.91. The van der Waals surface area contributed by atoms with Crippen LogP contribution in [0.2, 0.25) is 0 Å². The van der Waals surface area contributed by atoms with E-state index in [0.717, 1.165) is 18.3 Å². The Kier molecular flexibility index (Phi) is 3.28. The fourth-order valence-corrected chi connectivity index (χ4v) is 6.10. The van der Waals surface area contributed by atoms with Crippen molar-refractivity contribution in [1.82, 2.24) is 0 Å². The van der Waals surface area contributed by atoms with Crippen LogP contribution >= 0.6 is 0 Å². The molecule has 0 amide bonds. The van der Waals surface area contributed by atoms with E-state index in [2.05, 4.69) is 27.7 Å². The van der Waals surface area contributed by atoms with Crippen LogP contribution in [0.1, 0.15) is 72.6 Å². The lowest BCUT2D eigenvalue weighted by Crippen LogP contribution is -2.44. The minimum absolute atomic E-state index is 0.0178. The lowest BCUT2D eigenvalue weighted by molar-refractivity contribution is -0.0507. The summed E-state index contributed by atoms with van der Waals surface area (Å²) >= 11 is 0. The van der Waals surface area contributed by atoms with Gasteiger partial charge in [0.05, 0.1) is 6.10 Å². The van der Waals surface area contributed by atoms with Crippen molar-refractivity contribution in [3.8, 4) is 0 Å². The van der Waals surface area contributed by atoms with Gasteiger partial charge in [0.25, 0.3) is 0 Å². The topological polar surface area (TPSA) is 20.2 Å². The average Bonchev–Trinajstić information content (AvgIpc) is 2.71. The molecule has 110 valence electrons. The van der Waals surface area contributed by atoms with Crippen molar-refractivity contribution < 1.29 is 5.11 Å². The molecule has 0 heterocycles. The Morgan fingerprint density at radius 3 is 2.37 bits per heavy atom. The molecule has 2 bridgehead atoms. The van der Waals surface area contributed by atoms with E-state index in [9.17, 15) is 5.11 Å². The van der Waals surface area contributed by atoms with Gasteiger partial charge >= 0.3 is 0 Å². The Balaban J connectivity index is 1.84. The standard InChI is InChI=1S/C18H32O/c1-5-12-7-6-8-14(16(12)19)15-11-13-9-10-18(15,4)17(13,2)3/h12-16,19H,5-11H2,1-4H3/t12?,13-,14?,15+,16?,18+/m1/s1. The van der Waals surface area contributed by atoms with Gasteiger partial charge in [0.2, 0.25) is 0 Å². The van der Waals surface area contributed by atoms with Crippen molar-refractivity contribution in [2.24, 2.45) is 34.5 Å². The third kappa shape index (κ3) is 1.76. The summed E-state index contributed by atoms with van der Waals surface area (Å²) in [5, 5.41) is 10.8. The molecule has 0 radical (unpaired) electrons. The number of aliphatic hydroxyl groups excluding tert-OH is 1. The Morgan fingerprint density at radius 2 is 1.84 bits per heavy atom. The maximum Gasteiger partial charge on any atom is 0.0599 e. The summed E-state index contributed by atoms with van der Waals surface area (Å²) in [5.74, 6) is 2.86. The summed E-state index contributed by atoms with van der Waals surface area (Å²) in [7, 11) is 0. The highest BCUT2D eigenvalue weighted by molar-refractivity contribution is 5.12. The van der Waals surface area contributed by atoms with E-state index in [1.165, 1.54) is 38.5 Å². The summed E-state index contributed by atoms with van der Waals surface area (Å²) in [6, 6.07) is 0. The van der Waals surface area contributed by atoms with Crippen molar-refractivity contribution >= 4 is 0 Å². The first kappa shape index (κ1) is 13.9. The van der Waals surface area contributed by atoms with Crippen molar-refractivity contribution in [3.05, 3.63) is 0 Å². The smallest absolute Gasteiger partial charge is 0.0599 e. The van der Waals surface area contributed by atoms with E-state index in [-0.39, 0.29) is 6.10 Å². The fraction of sp³-hybridized carbons (Fsp3) is 1.00. The van der Waals surface area contributed by atoms with E-state index >= 15 is 0 Å². The van der Waals surface area contributed by atoms with Crippen molar-refractivity contribution in [2.45, 2.75) is 78.7 Å².